The molecule has 0 bridgehead atoms. The van der Waals surface area contributed by atoms with Crippen LogP contribution in [0, 0.1) is 5.92 Å². The molecule has 1 saturated heterocycles. The summed E-state index contributed by atoms with van der Waals surface area (Å²) >= 11 is 0. The number of carboxylic acid groups (broad SMARTS) is 1. The van der Waals surface area contributed by atoms with E-state index >= 15 is 0 Å². The molecule has 116 valence electrons. The molecule has 0 spiro atoms. The Morgan fingerprint density at radius 1 is 1.40 bits per heavy atom. The molecule has 0 aromatic carbocycles. The van der Waals surface area contributed by atoms with Gasteiger partial charge in [0.15, 0.2) is 8.32 Å². The zero-order chi connectivity index (χ0) is 15.6. The van der Waals surface area contributed by atoms with Crippen molar-refractivity contribution in [3.63, 3.8) is 0 Å². The van der Waals surface area contributed by atoms with Crippen molar-refractivity contribution in [3.05, 3.63) is 12.2 Å². The number of likely N-dealkylation sites (tertiary alicyclic amines) is 1. The van der Waals surface area contributed by atoms with Crippen molar-refractivity contribution in [1.29, 1.82) is 0 Å². The molecule has 1 fully saturated rings. The Balaban J connectivity index is 2.84. The van der Waals surface area contributed by atoms with Crippen LogP contribution in [0.4, 0.5) is 4.79 Å². The van der Waals surface area contributed by atoms with Crippen LogP contribution in [0.1, 0.15) is 34.1 Å². The molecule has 0 aromatic rings. The second-order valence-electron chi connectivity index (χ2n) is 7.10. The van der Waals surface area contributed by atoms with E-state index in [4.69, 9.17) is 4.43 Å². The summed E-state index contributed by atoms with van der Waals surface area (Å²) in [5.74, 6) is 0.181. The maximum atomic E-state index is 11.2. The average Bonchev–Trinajstić information content (AvgIpc) is 2.67. The third-order valence-electron chi connectivity index (χ3n) is 4.45. The van der Waals surface area contributed by atoms with Gasteiger partial charge in [-0.2, -0.15) is 0 Å². The lowest BCUT2D eigenvalue weighted by atomic mass is 10.1. The molecule has 0 saturated carbocycles. The van der Waals surface area contributed by atoms with Gasteiger partial charge in [-0.25, -0.2) is 4.79 Å². The van der Waals surface area contributed by atoms with E-state index in [0.29, 0.717) is 13.1 Å². The molecule has 1 heterocycles. The van der Waals surface area contributed by atoms with Crippen molar-refractivity contribution in [2.75, 3.05) is 13.1 Å². The van der Waals surface area contributed by atoms with Gasteiger partial charge in [-0.05, 0) is 24.6 Å². The summed E-state index contributed by atoms with van der Waals surface area (Å²) in [6.07, 6.45) is 4.35. The Kier molecular flexibility index (Phi) is 5.44. The van der Waals surface area contributed by atoms with Crippen molar-refractivity contribution in [1.82, 2.24) is 4.90 Å². The number of nitrogens with zero attached hydrogens (tertiary/aromatic N) is 1. The fraction of sp³-hybridized carbons (Fsp3) is 0.800. The molecular formula is C15H29NO3Si. The zero-order valence-electron chi connectivity index (χ0n) is 13.6. The zero-order valence-corrected chi connectivity index (χ0v) is 14.6. The van der Waals surface area contributed by atoms with Gasteiger partial charge in [-0.15, -0.1) is 0 Å². The summed E-state index contributed by atoms with van der Waals surface area (Å²) in [6, 6.07) is 0. The molecule has 4 nitrogen and oxygen atoms in total. The third kappa shape index (κ3) is 4.09. The molecule has 0 aliphatic carbocycles. The molecule has 1 N–H and O–H groups in total. The molecule has 0 radical (unpaired) electrons. The van der Waals surface area contributed by atoms with E-state index in [1.165, 1.54) is 4.90 Å². The number of hydrogen-bond acceptors (Lipinski definition) is 2. The average molecular weight is 299 g/mol. The van der Waals surface area contributed by atoms with E-state index in [9.17, 15) is 9.90 Å². The lowest BCUT2D eigenvalue weighted by Gasteiger charge is -2.39. The smallest absolute Gasteiger partial charge is 0.407 e. The van der Waals surface area contributed by atoms with E-state index in [1.807, 2.05) is 0 Å². The quantitative estimate of drug-likeness (QED) is 0.631. The van der Waals surface area contributed by atoms with E-state index in [2.05, 4.69) is 52.9 Å². The lowest BCUT2D eigenvalue weighted by Crippen LogP contribution is -2.46. The van der Waals surface area contributed by atoms with Crippen LogP contribution in [0.25, 0.3) is 0 Å². The SMILES string of the molecule is CC/C=C/[C@H]1CN(C(=O)O)C[C@@H]1O[Si](C)(C)C(C)(C)C. The molecule has 1 rings (SSSR count). The second-order valence-corrected chi connectivity index (χ2v) is 11.9. The Morgan fingerprint density at radius 2 is 2.00 bits per heavy atom. The van der Waals surface area contributed by atoms with Crippen molar-refractivity contribution < 1.29 is 14.3 Å². The van der Waals surface area contributed by atoms with Crippen LogP contribution >= 0.6 is 0 Å². The van der Waals surface area contributed by atoms with E-state index < -0.39 is 14.4 Å². The molecule has 1 aliphatic rings. The molecule has 0 unspecified atom stereocenters. The largest absolute Gasteiger partial charge is 0.465 e. The summed E-state index contributed by atoms with van der Waals surface area (Å²) in [7, 11) is -1.87. The second kappa shape index (κ2) is 6.31. The Hall–Kier alpha value is -0.813. The Bertz CT molecular complexity index is 374. The van der Waals surface area contributed by atoms with E-state index in [1.54, 1.807) is 0 Å². The van der Waals surface area contributed by atoms with Gasteiger partial charge in [0.05, 0.1) is 6.10 Å². The molecule has 2 atom stereocenters. The van der Waals surface area contributed by atoms with Crippen molar-refractivity contribution >= 4 is 14.4 Å². The predicted octanol–water partition coefficient (Wildman–Crippen LogP) is 3.95. The van der Waals surface area contributed by atoms with Crippen LogP contribution in [-0.4, -0.2) is 43.6 Å². The van der Waals surface area contributed by atoms with Crippen LogP contribution < -0.4 is 0 Å². The fourth-order valence-corrected chi connectivity index (χ4v) is 3.49. The number of rotatable bonds is 4. The minimum Gasteiger partial charge on any atom is -0.465 e. The highest BCUT2D eigenvalue weighted by atomic mass is 28.4. The summed E-state index contributed by atoms with van der Waals surface area (Å²) in [5, 5.41) is 9.33. The van der Waals surface area contributed by atoms with Gasteiger partial charge >= 0.3 is 6.09 Å². The first kappa shape index (κ1) is 17.2. The number of amides is 1. The van der Waals surface area contributed by atoms with Gasteiger partial charge in [0, 0.05) is 19.0 Å². The highest BCUT2D eigenvalue weighted by Crippen LogP contribution is 2.39. The first-order valence-electron chi connectivity index (χ1n) is 7.41. The molecule has 20 heavy (non-hydrogen) atoms. The van der Waals surface area contributed by atoms with Gasteiger partial charge in [0.25, 0.3) is 0 Å². The van der Waals surface area contributed by atoms with Crippen molar-refractivity contribution in [3.8, 4) is 0 Å². The van der Waals surface area contributed by atoms with Gasteiger partial charge < -0.3 is 14.4 Å². The van der Waals surface area contributed by atoms with E-state index in [0.717, 1.165) is 6.42 Å². The number of allylic oxidation sites excluding steroid dienone is 1. The summed E-state index contributed by atoms with van der Waals surface area (Å²) in [6.45, 7) is 14.2. The monoisotopic (exact) mass is 299 g/mol. The van der Waals surface area contributed by atoms with Crippen LogP contribution in [0.2, 0.25) is 18.1 Å². The lowest BCUT2D eigenvalue weighted by molar-refractivity contribution is 0.140. The summed E-state index contributed by atoms with van der Waals surface area (Å²) in [5.41, 5.74) is 0. The molecule has 1 aliphatic heterocycles. The standard InChI is InChI=1S/C15H29NO3Si/c1-7-8-9-12-10-16(14(17)18)11-13(12)19-20(5,6)15(2,3)4/h8-9,12-13H,7,10-11H2,1-6H3,(H,17,18)/b9-8+/t12-,13-/m0/s1. The Labute approximate surface area is 123 Å². The molecular weight excluding hydrogens is 270 g/mol. The minimum atomic E-state index is -1.87. The highest BCUT2D eigenvalue weighted by molar-refractivity contribution is 6.74. The number of hydrogen-bond donors (Lipinski definition) is 1. The maximum Gasteiger partial charge on any atom is 0.407 e. The van der Waals surface area contributed by atoms with E-state index in [-0.39, 0.29) is 17.1 Å². The fourth-order valence-electron chi connectivity index (χ4n) is 2.13. The van der Waals surface area contributed by atoms with Gasteiger partial charge in [0.1, 0.15) is 0 Å². The van der Waals surface area contributed by atoms with Gasteiger partial charge in [0.2, 0.25) is 0 Å². The first-order chi connectivity index (χ1) is 9.08. The molecule has 5 heteroatoms. The minimum absolute atomic E-state index is 0.00482. The highest BCUT2D eigenvalue weighted by Gasteiger charge is 2.43. The van der Waals surface area contributed by atoms with Crippen LogP contribution in [0.5, 0.6) is 0 Å². The maximum absolute atomic E-state index is 11.2. The van der Waals surface area contributed by atoms with Crippen molar-refractivity contribution in [2.24, 2.45) is 5.92 Å². The predicted molar refractivity (Wildman–Crippen MR) is 84.6 cm³/mol. The third-order valence-corrected chi connectivity index (χ3v) is 8.96. The van der Waals surface area contributed by atoms with Crippen LogP contribution in [0.3, 0.4) is 0 Å². The van der Waals surface area contributed by atoms with Gasteiger partial charge in [-0.3, -0.25) is 0 Å². The molecule has 1 amide bonds. The summed E-state index contributed by atoms with van der Waals surface area (Å²) in [4.78, 5) is 12.7. The van der Waals surface area contributed by atoms with Crippen molar-refractivity contribution in [2.45, 2.75) is 58.4 Å². The summed E-state index contributed by atoms with van der Waals surface area (Å²) < 4.78 is 6.44. The van der Waals surface area contributed by atoms with Gasteiger partial charge in [-0.1, -0.05) is 39.8 Å². The normalized spacial score (nSPS) is 24.6. The topological polar surface area (TPSA) is 49.8 Å². The number of carbonyl (C=O) groups is 1. The van der Waals surface area contributed by atoms with Crippen LogP contribution in [-0.2, 0) is 4.43 Å². The first-order valence-corrected chi connectivity index (χ1v) is 10.3. The van der Waals surface area contributed by atoms with Crippen LogP contribution in [0.15, 0.2) is 12.2 Å². The molecule has 0 aromatic heterocycles. The Morgan fingerprint density at radius 3 is 2.45 bits per heavy atom.